The van der Waals surface area contributed by atoms with Crippen molar-refractivity contribution in [1.29, 1.82) is 0 Å². The summed E-state index contributed by atoms with van der Waals surface area (Å²) in [4.78, 5) is 12.4. The van der Waals surface area contributed by atoms with Crippen LogP contribution in [0.2, 0.25) is 0 Å². The van der Waals surface area contributed by atoms with Crippen LogP contribution in [0.1, 0.15) is 40.9 Å². The Hall–Kier alpha value is -2.43. The molecule has 2 aromatic carbocycles. The van der Waals surface area contributed by atoms with Gasteiger partial charge in [0.15, 0.2) is 0 Å². The number of benzene rings is 2. The van der Waals surface area contributed by atoms with Crippen molar-refractivity contribution in [1.82, 2.24) is 5.32 Å². The van der Waals surface area contributed by atoms with Crippen LogP contribution in [0.15, 0.2) is 48.5 Å². The topological polar surface area (TPSA) is 38.3 Å². The quantitative estimate of drug-likeness (QED) is 0.852. The molecular weight excluding hydrogens is 300 g/mol. The number of hydrogen-bond donors (Lipinski definition) is 1. The van der Waals surface area contributed by atoms with Gasteiger partial charge in [-0.3, -0.25) is 4.79 Å². The maximum Gasteiger partial charge on any atom is 0.387 e. The highest BCUT2D eigenvalue weighted by Crippen LogP contribution is 2.23. The fourth-order valence-corrected chi connectivity index (χ4v) is 2.31. The fourth-order valence-electron chi connectivity index (χ4n) is 2.31. The molecule has 122 valence electrons. The van der Waals surface area contributed by atoms with Gasteiger partial charge in [0.05, 0.1) is 11.6 Å². The number of amides is 1. The van der Waals surface area contributed by atoms with E-state index in [0.717, 1.165) is 11.1 Å². The smallest absolute Gasteiger partial charge is 0.387 e. The van der Waals surface area contributed by atoms with Crippen molar-refractivity contribution in [3.05, 3.63) is 65.2 Å². The number of aryl methyl sites for hydroxylation is 1. The molecule has 0 radical (unpaired) electrons. The highest BCUT2D eigenvalue weighted by Gasteiger charge is 2.18. The summed E-state index contributed by atoms with van der Waals surface area (Å²) < 4.78 is 29.3. The van der Waals surface area contributed by atoms with Crippen molar-refractivity contribution >= 4 is 5.91 Å². The lowest BCUT2D eigenvalue weighted by atomic mass is 10.0. The highest BCUT2D eigenvalue weighted by atomic mass is 19.3. The summed E-state index contributed by atoms with van der Waals surface area (Å²) in [5, 5.41) is 2.87. The molecule has 3 nitrogen and oxygen atoms in total. The standard InChI is InChI=1S/C18H19F2NO2/c1-3-15(13-10-8-12(2)9-11-13)21-17(22)14-6-4-5-7-16(14)23-18(19)20/h4-11,15,18H,3H2,1-2H3,(H,21,22). The molecule has 0 bridgehead atoms. The number of carbonyl (C=O) groups excluding carboxylic acids is 1. The summed E-state index contributed by atoms with van der Waals surface area (Å²) >= 11 is 0. The molecule has 1 unspecified atom stereocenters. The van der Waals surface area contributed by atoms with E-state index >= 15 is 0 Å². The molecule has 0 aliphatic rings. The van der Waals surface area contributed by atoms with Crippen molar-refractivity contribution in [3.8, 4) is 5.75 Å². The van der Waals surface area contributed by atoms with Crippen LogP contribution in [0.4, 0.5) is 8.78 Å². The van der Waals surface area contributed by atoms with Gasteiger partial charge in [-0.05, 0) is 31.0 Å². The van der Waals surface area contributed by atoms with E-state index in [0.29, 0.717) is 6.42 Å². The predicted octanol–water partition coefficient (Wildman–Crippen LogP) is 4.48. The Morgan fingerprint density at radius 2 is 1.78 bits per heavy atom. The van der Waals surface area contributed by atoms with Crippen molar-refractivity contribution in [3.63, 3.8) is 0 Å². The normalized spacial score (nSPS) is 12.0. The molecule has 0 aliphatic carbocycles. The van der Waals surface area contributed by atoms with E-state index in [2.05, 4.69) is 10.1 Å². The second kappa shape index (κ2) is 7.72. The highest BCUT2D eigenvalue weighted by molar-refractivity contribution is 5.97. The summed E-state index contributed by atoms with van der Waals surface area (Å²) in [6, 6.07) is 13.6. The van der Waals surface area contributed by atoms with Crippen LogP contribution < -0.4 is 10.1 Å². The van der Waals surface area contributed by atoms with Crippen LogP contribution in [0.25, 0.3) is 0 Å². The minimum atomic E-state index is -2.97. The number of nitrogens with one attached hydrogen (secondary N) is 1. The molecule has 0 fully saturated rings. The monoisotopic (exact) mass is 319 g/mol. The first kappa shape index (κ1) is 16.9. The molecule has 0 aromatic heterocycles. The fraction of sp³-hybridized carbons (Fsp3) is 0.278. The second-order valence-corrected chi connectivity index (χ2v) is 5.22. The molecule has 23 heavy (non-hydrogen) atoms. The van der Waals surface area contributed by atoms with E-state index in [1.807, 2.05) is 38.1 Å². The Kier molecular flexibility index (Phi) is 5.68. The number of ether oxygens (including phenoxy) is 1. The number of halogens is 2. The third-order valence-corrected chi connectivity index (χ3v) is 3.54. The zero-order chi connectivity index (χ0) is 16.8. The van der Waals surface area contributed by atoms with Crippen LogP contribution in [0.5, 0.6) is 5.75 Å². The zero-order valence-electron chi connectivity index (χ0n) is 13.1. The number of hydrogen-bond acceptors (Lipinski definition) is 2. The van der Waals surface area contributed by atoms with Crippen LogP contribution >= 0.6 is 0 Å². The molecule has 0 saturated heterocycles. The third kappa shape index (κ3) is 4.52. The van der Waals surface area contributed by atoms with Crippen molar-refractivity contribution in [2.24, 2.45) is 0 Å². The summed E-state index contributed by atoms with van der Waals surface area (Å²) in [5.41, 5.74) is 2.20. The summed E-state index contributed by atoms with van der Waals surface area (Å²) in [6.45, 7) is 0.969. The predicted molar refractivity (Wildman–Crippen MR) is 84.8 cm³/mol. The van der Waals surface area contributed by atoms with Gasteiger partial charge in [-0.1, -0.05) is 48.9 Å². The number of rotatable bonds is 6. The molecule has 2 aromatic rings. The summed E-state index contributed by atoms with van der Waals surface area (Å²) in [5.74, 6) is -0.563. The first-order chi connectivity index (χ1) is 11.0. The Morgan fingerprint density at radius 3 is 2.39 bits per heavy atom. The van der Waals surface area contributed by atoms with Crippen LogP contribution in [-0.4, -0.2) is 12.5 Å². The zero-order valence-corrected chi connectivity index (χ0v) is 13.1. The Morgan fingerprint density at radius 1 is 1.13 bits per heavy atom. The molecule has 0 aliphatic heterocycles. The molecule has 1 atom stereocenters. The van der Waals surface area contributed by atoms with E-state index in [1.165, 1.54) is 12.1 Å². The minimum absolute atomic E-state index is 0.0957. The Labute approximate surface area is 134 Å². The Bertz CT molecular complexity index is 656. The average molecular weight is 319 g/mol. The number of carbonyl (C=O) groups is 1. The lowest BCUT2D eigenvalue weighted by Gasteiger charge is -2.19. The van der Waals surface area contributed by atoms with Gasteiger partial charge in [-0.25, -0.2) is 0 Å². The van der Waals surface area contributed by atoms with Crippen molar-refractivity contribution in [2.45, 2.75) is 32.9 Å². The number of para-hydroxylation sites is 1. The largest absolute Gasteiger partial charge is 0.434 e. The summed E-state index contributed by atoms with van der Waals surface area (Å²) in [7, 11) is 0. The van der Waals surface area contributed by atoms with E-state index < -0.39 is 12.5 Å². The van der Waals surface area contributed by atoms with Gasteiger partial charge in [-0.15, -0.1) is 0 Å². The van der Waals surface area contributed by atoms with Gasteiger partial charge in [0.25, 0.3) is 5.91 Å². The lowest BCUT2D eigenvalue weighted by Crippen LogP contribution is -2.28. The van der Waals surface area contributed by atoms with E-state index in [4.69, 9.17) is 0 Å². The van der Waals surface area contributed by atoms with Crippen LogP contribution in [0, 0.1) is 6.92 Å². The molecule has 2 rings (SSSR count). The van der Waals surface area contributed by atoms with E-state index in [-0.39, 0.29) is 17.4 Å². The average Bonchev–Trinajstić information content (AvgIpc) is 2.53. The molecule has 1 N–H and O–H groups in total. The molecule has 1 amide bonds. The SMILES string of the molecule is CCC(NC(=O)c1ccccc1OC(F)F)c1ccc(C)cc1. The van der Waals surface area contributed by atoms with Crippen LogP contribution in [0.3, 0.4) is 0 Å². The van der Waals surface area contributed by atoms with Crippen LogP contribution in [-0.2, 0) is 0 Å². The van der Waals surface area contributed by atoms with Gasteiger partial charge < -0.3 is 10.1 Å². The molecule has 0 heterocycles. The first-order valence-corrected chi connectivity index (χ1v) is 7.42. The van der Waals surface area contributed by atoms with Gasteiger partial charge in [0.1, 0.15) is 5.75 Å². The maximum atomic E-state index is 12.4. The lowest BCUT2D eigenvalue weighted by molar-refractivity contribution is -0.0501. The van der Waals surface area contributed by atoms with Gasteiger partial charge in [0.2, 0.25) is 0 Å². The molecule has 5 heteroatoms. The maximum absolute atomic E-state index is 12.4. The van der Waals surface area contributed by atoms with Gasteiger partial charge in [0, 0.05) is 0 Å². The van der Waals surface area contributed by atoms with Crippen molar-refractivity contribution < 1.29 is 18.3 Å². The first-order valence-electron chi connectivity index (χ1n) is 7.42. The van der Waals surface area contributed by atoms with Gasteiger partial charge in [-0.2, -0.15) is 8.78 Å². The number of alkyl halides is 2. The Balaban J connectivity index is 2.18. The molecule has 0 spiro atoms. The summed E-state index contributed by atoms with van der Waals surface area (Å²) in [6.07, 6.45) is 0.687. The van der Waals surface area contributed by atoms with Crippen molar-refractivity contribution in [2.75, 3.05) is 0 Å². The minimum Gasteiger partial charge on any atom is -0.434 e. The second-order valence-electron chi connectivity index (χ2n) is 5.22. The van der Waals surface area contributed by atoms with E-state index in [9.17, 15) is 13.6 Å². The molecular formula is C18H19F2NO2. The molecule has 0 saturated carbocycles. The van der Waals surface area contributed by atoms with Gasteiger partial charge >= 0.3 is 6.61 Å². The third-order valence-electron chi connectivity index (χ3n) is 3.54. The van der Waals surface area contributed by atoms with E-state index in [1.54, 1.807) is 12.1 Å².